The smallest absolute Gasteiger partial charge is 0.274 e. The van der Waals surface area contributed by atoms with E-state index < -0.39 is 0 Å². The predicted molar refractivity (Wildman–Crippen MR) is 123 cm³/mol. The summed E-state index contributed by atoms with van der Waals surface area (Å²) in [5.41, 5.74) is 3.72. The second-order valence-electron chi connectivity index (χ2n) is 8.09. The number of hydrogen-bond donors (Lipinski definition) is 0. The van der Waals surface area contributed by atoms with Gasteiger partial charge in [-0.15, -0.1) is 0 Å². The molecular weight excluding hydrogens is 428 g/mol. The highest BCUT2D eigenvalue weighted by molar-refractivity contribution is 6.31. The van der Waals surface area contributed by atoms with E-state index in [1.807, 2.05) is 28.6 Å². The molecule has 32 heavy (non-hydrogen) atoms. The normalized spacial score (nSPS) is 14.7. The quantitative estimate of drug-likeness (QED) is 0.545. The lowest BCUT2D eigenvalue weighted by molar-refractivity contribution is 0.0620. The molecule has 8 nitrogen and oxygen atoms in total. The molecule has 0 radical (unpaired) electrons. The summed E-state index contributed by atoms with van der Waals surface area (Å²) in [6, 6.07) is 7.25. The summed E-state index contributed by atoms with van der Waals surface area (Å²) in [7, 11) is 0. The largest absolute Gasteiger partial charge is 0.471 e. The van der Waals surface area contributed by atoms with Crippen molar-refractivity contribution in [2.75, 3.05) is 26.2 Å². The highest BCUT2D eigenvalue weighted by Gasteiger charge is 2.24. The average molecular weight is 457 g/mol. The first-order valence-electron chi connectivity index (χ1n) is 10.9. The molecule has 0 spiro atoms. The number of benzene rings is 1. The lowest BCUT2D eigenvalue weighted by Gasteiger charge is -2.34. The zero-order valence-corrected chi connectivity index (χ0v) is 19.5. The van der Waals surface area contributed by atoms with Gasteiger partial charge >= 0.3 is 0 Å². The summed E-state index contributed by atoms with van der Waals surface area (Å²) < 4.78 is 9.36. The van der Waals surface area contributed by atoms with Crippen molar-refractivity contribution in [1.82, 2.24) is 29.4 Å². The highest BCUT2D eigenvalue weighted by Crippen LogP contribution is 2.21. The van der Waals surface area contributed by atoms with Gasteiger partial charge in [-0.1, -0.05) is 11.6 Å². The van der Waals surface area contributed by atoms with Crippen LogP contribution in [0.25, 0.3) is 0 Å². The van der Waals surface area contributed by atoms with Crippen LogP contribution >= 0.6 is 11.6 Å². The molecule has 4 rings (SSSR count). The molecule has 3 heterocycles. The number of nitrogens with zero attached hydrogens (tertiary/aromatic N) is 6. The van der Waals surface area contributed by atoms with E-state index in [0.717, 1.165) is 37.4 Å². The lowest BCUT2D eigenvalue weighted by Crippen LogP contribution is -2.48. The molecule has 1 aliphatic heterocycles. The van der Waals surface area contributed by atoms with Crippen LogP contribution in [-0.4, -0.2) is 61.4 Å². The highest BCUT2D eigenvalue weighted by atomic mass is 35.5. The molecule has 1 saturated heterocycles. The van der Waals surface area contributed by atoms with Crippen molar-refractivity contribution in [3.63, 3.8) is 0 Å². The molecule has 3 aromatic rings. The standard InChI is InChI=1S/C23H29ClN6O2/c1-4-29-15-19(18(3)25-29)14-27-9-11-28(12-10-27)23(31)22-7-8-30(26-22)16-32-20-5-6-21(24)17(2)13-20/h5-8,13,15H,4,9-12,14,16H2,1-3H3. The van der Waals surface area contributed by atoms with Crippen LogP contribution in [0.2, 0.25) is 5.02 Å². The molecule has 9 heteroatoms. The molecule has 0 unspecified atom stereocenters. The zero-order valence-electron chi connectivity index (χ0n) is 18.8. The maximum atomic E-state index is 12.9. The van der Waals surface area contributed by atoms with Crippen molar-refractivity contribution >= 4 is 17.5 Å². The van der Waals surface area contributed by atoms with Gasteiger partial charge in [-0.05, 0) is 50.6 Å². The van der Waals surface area contributed by atoms with E-state index in [0.29, 0.717) is 29.6 Å². The molecule has 1 fully saturated rings. The second kappa shape index (κ2) is 9.75. The zero-order chi connectivity index (χ0) is 22.7. The number of rotatable bonds is 7. The van der Waals surface area contributed by atoms with Gasteiger partial charge in [0.05, 0.1) is 5.69 Å². The van der Waals surface area contributed by atoms with Gasteiger partial charge in [-0.2, -0.15) is 10.2 Å². The van der Waals surface area contributed by atoms with Gasteiger partial charge in [-0.3, -0.25) is 14.4 Å². The molecule has 1 aliphatic rings. The molecule has 1 aromatic carbocycles. The molecule has 1 amide bonds. The summed E-state index contributed by atoms with van der Waals surface area (Å²) >= 11 is 6.05. The minimum absolute atomic E-state index is 0.0410. The van der Waals surface area contributed by atoms with Crippen LogP contribution in [0.4, 0.5) is 0 Å². The number of carbonyl (C=O) groups excluding carboxylic acids is 1. The Hall–Kier alpha value is -2.84. The molecule has 0 aliphatic carbocycles. The first-order chi connectivity index (χ1) is 15.4. The van der Waals surface area contributed by atoms with E-state index in [2.05, 4.69) is 35.1 Å². The van der Waals surface area contributed by atoms with E-state index in [9.17, 15) is 4.79 Å². The lowest BCUT2D eigenvalue weighted by atomic mass is 10.2. The molecule has 0 saturated carbocycles. The maximum Gasteiger partial charge on any atom is 0.274 e. The average Bonchev–Trinajstić information content (AvgIpc) is 3.41. The third-order valence-corrected chi connectivity index (χ3v) is 6.20. The van der Waals surface area contributed by atoms with Crippen molar-refractivity contribution in [3.05, 3.63) is 64.2 Å². The molecular formula is C23H29ClN6O2. The van der Waals surface area contributed by atoms with Gasteiger partial charge in [0.2, 0.25) is 0 Å². The number of hydrogen-bond acceptors (Lipinski definition) is 5. The topological polar surface area (TPSA) is 68.4 Å². The van der Waals surface area contributed by atoms with Crippen LogP contribution in [0, 0.1) is 13.8 Å². The van der Waals surface area contributed by atoms with Gasteiger partial charge < -0.3 is 9.64 Å². The van der Waals surface area contributed by atoms with Crippen molar-refractivity contribution < 1.29 is 9.53 Å². The number of piperazine rings is 1. The van der Waals surface area contributed by atoms with Gasteiger partial charge in [0, 0.05) is 62.2 Å². The fourth-order valence-corrected chi connectivity index (χ4v) is 3.90. The van der Waals surface area contributed by atoms with Crippen LogP contribution in [0.3, 0.4) is 0 Å². The van der Waals surface area contributed by atoms with E-state index in [4.69, 9.17) is 16.3 Å². The Morgan fingerprint density at radius 3 is 2.56 bits per heavy atom. The van der Waals surface area contributed by atoms with E-state index >= 15 is 0 Å². The van der Waals surface area contributed by atoms with Gasteiger partial charge in [0.1, 0.15) is 5.75 Å². The Labute approximate surface area is 193 Å². The maximum absolute atomic E-state index is 12.9. The van der Waals surface area contributed by atoms with Crippen molar-refractivity contribution in [1.29, 1.82) is 0 Å². The third-order valence-electron chi connectivity index (χ3n) is 5.78. The Morgan fingerprint density at radius 1 is 1.09 bits per heavy atom. The third kappa shape index (κ3) is 5.14. The number of amides is 1. The number of aryl methyl sites for hydroxylation is 3. The van der Waals surface area contributed by atoms with E-state index in [-0.39, 0.29) is 12.6 Å². The van der Waals surface area contributed by atoms with Crippen LogP contribution in [0.15, 0.2) is 36.7 Å². The molecule has 0 N–H and O–H groups in total. The van der Waals surface area contributed by atoms with Crippen molar-refractivity contribution in [2.45, 2.75) is 40.6 Å². The fourth-order valence-electron chi connectivity index (χ4n) is 3.78. The van der Waals surface area contributed by atoms with Gasteiger partial charge in [0.15, 0.2) is 12.4 Å². The van der Waals surface area contributed by atoms with Crippen LogP contribution < -0.4 is 4.74 Å². The van der Waals surface area contributed by atoms with Crippen LogP contribution in [-0.2, 0) is 19.8 Å². The summed E-state index contributed by atoms with van der Waals surface area (Å²) in [6.07, 6.45) is 3.88. The predicted octanol–water partition coefficient (Wildman–Crippen LogP) is 3.36. The minimum Gasteiger partial charge on any atom is -0.471 e. The molecule has 0 bridgehead atoms. The van der Waals surface area contributed by atoms with Gasteiger partial charge in [-0.25, -0.2) is 4.68 Å². The number of carbonyl (C=O) groups is 1. The molecule has 170 valence electrons. The number of ether oxygens (including phenoxy) is 1. The second-order valence-corrected chi connectivity index (χ2v) is 8.50. The summed E-state index contributed by atoms with van der Waals surface area (Å²) in [5.74, 6) is 0.673. The molecule has 0 atom stereocenters. The van der Waals surface area contributed by atoms with Crippen molar-refractivity contribution in [3.8, 4) is 5.75 Å². The first kappa shape index (κ1) is 22.4. The summed E-state index contributed by atoms with van der Waals surface area (Å²) in [4.78, 5) is 17.1. The van der Waals surface area contributed by atoms with Crippen LogP contribution in [0.1, 0.15) is 34.2 Å². The Bertz CT molecular complexity index is 1080. The first-order valence-corrected chi connectivity index (χ1v) is 11.3. The van der Waals surface area contributed by atoms with Crippen LogP contribution in [0.5, 0.6) is 5.75 Å². The molecule has 2 aromatic heterocycles. The Kier molecular flexibility index (Phi) is 6.81. The summed E-state index contributed by atoms with van der Waals surface area (Å²) in [6.45, 7) is 11.1. The SMILES string of the molecule is CCn1cc(CN2CCN(C(=O)c3ccn(COc4ccc(Cl)c(C)c4)n3)CC2)c(C)n1. The fraction of sp³-hybridized carbons (Fsp3) is 0.435. The van der Waals surface area contributed by atoms with E-state index in [1.54, 1.807) is 23.0 Å². The monoisotopic (exact) mass is 456 g/mol. The van der Waals surface area contributed by atoms with E-state index in [1.165, 1.54) is 5.56 Å². The van der Waals surface area contributed by atoms with Gasteiger partial charge in [0.25, 0.3) is 5.91 Å². The van der Waals surface area contributed by atoms with Crippen molar-refractivity contribution in [2.24, 2.45) is 0 Å². The Balaban J connectivity index is 1.28. The Morgan fingerprint density at radius 2 is 1.88 bits per heavy atom. The minimum atomic E-state index is -0.0410. The number of aromatic nitrogens is 4. The summed E-state index contributed by atoms with van der Waals surface area (Å²) in [5, 5.41) is 9.63. The number of halogens is 1.